The number of primary amides is 1. The molecule has 0 spiro atoms. The van der Waals surface area contributed by atoms with Gasteiger partial charge in [0.05, 0.1) is 12.6 Å². The van der Waals surface area contributed by atoms with Gasteiger partial charge in [-0.15, -0.1) is 5.53 Å². The molecular formula is C42H86N30O7. The Labute approximate surface area is 457 Å². The van der Waals surface area contributed by atoms with Crippen LogP contribution in [0.1, 0.15) is 96.3 Å². The lowest BCUT2D eigenvalue weighted by atomic mass is 10.0. The Balaban J connectivity index is 7.13. The Kier molecular flexibility index (Phi) is 36.5. The van der Waals surface area contributed by atoms with E-state index in [-0.39, 0.29) is 158 Å². The van der Waals surface area contributed by atoms with Crippen molar-refractivity contribution in [3.05, 3.63) is 10.4 Å². The van der Waals surface area contributed by atoms with E-state index in [1.165, 1.54) is 0 Å². The zero-order valence-corrected chi connectivity index (χ0v) is 44.6. The largest absolute Gasteiger partial charge is 0.370 e. The van der Waals surface area contributed by atoms with Gasteiger partial charge < -0.3 is 112 Å². The Bertz CT molecular complexity index is 2140. The molecule has 0 aromatic carbocycles. The fourth-order valence-electron chi connectivity index (χ4n) is 7.07. The van der Waals surface area contributed by atoms with Crippen LogP contribution in [-0.2, 0) is 33.6 Å². The molecule has 0 saturated heterocycles. The molecule has 0 rings (SSSR count). The number of unbranched alkanes of at least 4 members (excludes halogenated alkanes) is 1. The van der Waals surface area contributed by atoms with E-state index >= 15 is 0 Å². The summed E-state index contributed by atoms with van der Waals surface area (Å²) < 4.78 is 0. The van der Waals surface area contributed by atoms with Crippen LogP contribution in [0.25, 0.3) is 10.4 Å². The first kappa shape index (κ1) is 70.0. The standard InChI is InChI=1S/C42H86N30O7/c43-23(9-1-2-22-64-72-71-57)31(74)66-25(11-4-17-59-38(47)48)33(76)68-27(13-6-19-61-40(51)52)35(78)70-29(15-8-21-63-42(55)56)36(79)69-28(14-7-20-62-41(53)54)34(77)67-26(12-5-18-60-39(49)50)32(75)65-24(30(44)73)10-3-16-58-37(45)46/h23-29,64H,1-22,43H2,(H2,44,73)(H,65,75)(H,66,74)(H,67,77)(H,68,76)(H,69,79)(H,70,78)(H4,45,46,58)(H4,47,48,59)(H4,49,50,60)(H4,51,52,61)(H4,53,54,62)(H4,55,56,63)/t23-,24-,25-,26-,27-,28-,29-/m0/s1. The lowest BCUT2D eigenvalue weighted by molar-refractivity contribution is -0.135. The summed E-state index contributed by atoms with van der Waals surface area (Å²) in [4.78, 5) is 123. The minimum absolute atomic E-state index is 0.00365. The van der Waals surface area contributed by atoms with Crippen molar-refractivity contribution in [1.29, 1.82) is 0 Å². The summed E-state index contributed by atoms with van der Waals surface area (Å²) in [6.45, 7) is 0.579. The average molecular weight is 1120 g/mol. The highest BCUT2D eigenvalue weighted by Gasteiger charge is 2.33. The van der Waals surface area contributed by atoms with Crippen LogP contribution in [0.3, 0.4) is 0 Å². The van der Waals surface area contributed by atoms with Gasteiger partial charge in [-0.25, -0.2) is 0 Å². The van der Waals surface area contributed by atoms with Gasteiger partial charge in [0, 0.05) is 39.3 Å². The summed E-state index contributed by atoms with van der Waals surface area (Å²) in [5.74, 6) is -7.23. The number of rotatable bonds is 43. The Morgan fingerprint density at radius 1 is 0.342 bits per heavy atom. The molecular weight excluding hydrogens is 1040 g/mol. The Hall–Kier alpha value is -9.02. The molecule has 37 heteroatoms. The van der Waals surface area contributed by atoms with Crippen LogP contribution in [0.2, 0.25) is 0 Å². The molecule has 0 aliphatic rings. The molecule has 0 aliphatic heterocycles. The lowest BCUT2D eigenvalue weighted by Gasteiger charge is -2.28. The molecule has 0 aromatic rings. The molecule has 7 atom stereocenters. The van der Waals surface area contributed by atoms with Crippen LogP contribution in [0.5, 0.6) is 0 Å². The molecule has 0 unspecified atom stereocenters. The van der Waals surface area contributed by atoms with Crippen molar-refractivity contribution in [3.8, 4) is 0 Å². The molecule has 35 N–H and O–H groups in total. The van der Waals surface area contributed by atoms with Gasteiger partial charge in [-0.3, -0.25) is 68.9 Å². The van der Waals surface area contributed by atoms with E-state index in [1.54, 1.807) is 0 Å². The predicted octanol–water partition coefficient (Wildman–Crippen LogP) is -8.99. The van der Waals surface area contributed by atoms with E-state index in [0.717, 1.165) is 0 Å². The summed E-state index contributed by atoms with van der Waals surface area (Å²) in [5, 5.41) is 19.0. The number of amides is 7. The zero-order chi connectivity index (χ0) is 59.7. The number of aliphatic imine (C=N–C) groups is 6. The monoisotopic (exact) mass is 1120 g/mol. The number of carbonyl (C=O) groups excluding carboxylic acids is 7. The van der Waals surface area contributed by atoms with Crippen molar-refractivity contribution >= 4 is 77.1 Å². The fourth-order valence-corrected chi connectivity index (χ4v) is 7.07. The van der Waals surface area contributed by atoms with Gasteiger partial charge >= 0.3 is 0 Å². The molecule has 446 valence electrons. The average Bonchev–Trinajstić information content (AvgIpc) is 3.37. The molecule has 0 saturated carbocycles. The second kappa shape index (κ2) is 41.2. The number of guanidine groups is 6. The number of carbonyl (C=O) groups is 7. The number of nitrogens with zero attached hydrogens (tertiary/aromatic N) is 9. The maximum atomic E-state index is 14.5. The van der Waals surface area contributed by atoms with E-state index in [1.807, 2.05) is 0 Å². The summed E-state index contributed by atoms with van der Waals surface area (Å²) in [7, 11) is 0. The quantitative estimate of drug-likeness (QED) is 0.00513. The minimum Gasteiger partial charge on any atom is -0.370 e. The van der Waals surface area contributed by atoms with Crippen LogP contribution in [0, 0.1) is 0 Å². The second-order valence-electron chi connectivity index (χ2n) is 17.7. The maximum Gasteiger partial charge on any atom is 0.243 e. The number of nitrogens with one attached hydrogen (secondary N) is 7. The van der Waals surface area contributed by atoms with Crippen molar-refractivity contribution in [2.45, 2.75) is 139 Å². The van der Waals surface area contributed by atoms with Gasteiger partial charge in [0.2, 0.25) is 41.4 Å². The van der Waals surface area contributed by atoms with E-state index in [0.29, 0.717) is 19.4 Å². The first-order chi connectivity index (χ1) is 37.4. The molecule has 0 radical (unpaired) electrons. The number of nitrogens with two attached hydrogens (primary N) is 14. The zero-order valence-electron chi connectivity index (χ0n) is 44.6. The first-order valence-corrected chi connectivity index (χ1v) is 25.3. The molecule has 0 bridgehead atoms. The van der Waals surface area contributed by atoms with Crippen molar-refractivity contribution in [3.63, 3.8) is 0 Å². The Morgan fingerprint density at radius 2 is 0.582 bits per heavy atom. The van der Waals surface area contributed by atoms with Crippen molar-refractivity contribution in [2.24, 2.45) is 115 Å². The van der Waals surface area contributed by atoms with Crippen molar-refractivity contribution in [1.82, 2.24) is 37.3 Å². The summed E-state index contributed by atoms with van der Waals surface area (Å²) in [6, 6.07) is -9.19. The van der Waals surface area contributed by atoms with Gasteiger partial charge in [-0.2, -0.15) is 4.91 Å². The molecule has 79 heavy (non-hydrogen) atoms. The molecule has 37 nitrogen and oxygen atoms in total. The summed E-state index contributed by atoms with van der Waals surface area (Å²) in [6.07, 6.45) is 1.62. The normalized spacial score (nSPS) is 13.1. The Morgan fingerprint density at radius 3 is 0.823 bits per heavy atom. The van der Waals surface area contributed by atoms with Gasteiger partial charge in [0.25, 0.3) is 0 Å². The smallest absolute Gasteiger partial charge is 0.243 e. The third-order valence-electron chi connectivity index (χ3n) is 11.0. The van der Waals surface area contributed by atoms with Crippen LogP contribution in [0.15, 0.2) is 35.2 Å². The molecule has 0 heterocycles. The lowest BCUT2D eigenvalue weighted by Crippen LogP contribution is -2.60. The van der Waals surface area contributed by atoms with Crippen LogP contribution in [0.4, 0.5) is 0 Å². The topological polar surface area (TPSA) is 691 Å². The SMILES string of the molecule is [N-]=[N+]=NNCCCC[C@H](N)C(=O)N[C@@H](CCCN=C(N)N)C(=O)N[C@@H](CCCN=C(N)N)C(=O)N[C@@H](CCCN=C(N)N)C(=O)N[C@@H](CCCN=C(N)N)C(=O)N[C@@H](CCCN=C(N)N)C(=O)N[C@@H](CCCN=C(N)N)C(N)=O. The third-order valence-corrected chi connectivity index (χ3v) is 11.0. The number of azide groups is 1. The van der Waals surface area contributed by atoms with Gasteiger partial charge in [0.15, 0.2) is 35.8 Å². The summed E-state index contributed by atoms with van der Waals surface area (Å²) >= 11 is 0. The maximum absolute atomic E-state index is 14.5. The first-order valence-electron chi connectivity index (χ1n) is 25.3. The van der Waals surface area contributed by atoms with Gasteiger partial charge in [-0.05, 0) is 102 Å². The molecule has 0 aliphatic carbocycles. The van der Waals surface area contributed by atoms with Crippen LogP contribution in [-0.4, -0.2) is 165 Å². The highest BCUT2D eigenvalue weighted by Crippen LogP contribution is 2.10. The van der Waals surface area contributed by atoms with Gasteiger partial charge in [-0.1, -0.05) is 0 Å². The van der Waals surface area contributed by atoms with Crippen LogP contribution >= 0.6 is 0 Å². The van der Waals surface area contributed by atoms with E-state index < -0.39 is 83.6 Å². The van der Waals surface area contributed by atoms with Crippen LogP contribution < -0.4 is 118 Å². The van der Waals surface area contributed by atoms with E-state index in [2.05, 4.69) is 77.4 Å². The molecule has 0 fully saturated rings. The van der Waals surface area contributed by atoms with E-state index in [4.69, 9.17) is 85.8 Å². The highest BCUT2D eigenvalue weighted by molar-refractivity contribution is 5.97. The minimum atomic E-state index is -1.45. The molecule has 7 amide bonds. The number of hydrogen-bond acceptors (Lipinski definition) is 15. The highest BCUT2D eigenvalue weighted by atomic mass is 16.2. The third kappa shape index (κ3) is 35.8. The predicted molar refractivity (Wildman–Crippen MR) is 299 cm³/mol. The van der Waals surface area contributed by atoms with Gasteiger partial charge in [0.1, 0.15) is 36.3 Å². The summed E-state index contributed by atoms with van der Waals surface area (Å²) in [5.41, 5.74) is 88.6. The number of hydrogen-bond donors (Lipinski definition) is 21. The second-order valence-corrected chi connectivity index (χ2v) is 17.7. The van der Waals surface area contributed by atoms with E-state index in [9.17, 15) is 33.6 Å². The van der Waals surface area contributed by atoms with Crippen molar-refractivity contribution in [2.75, 3.05) is 45.8 Å². The molecule has 0 aromatic heterocycles. The fraction of sp³-hybridized carbons (Fsp3) is 0.690. The van der Waals surface area contributed by atoms with Crippen molar-refractivity contribution < 1.29 is 33.6 Å².